The van der Waals surface area contributed by atoms with Crippen LogP contribution in [-0.2, 0) is 4.79 Å². The molecular weight excluding hydrogens is 452 g/mol. The summed E-state index contributed by atoms with van der Waals surface area (Å²) in [5, 5.41) is 10.7. The van der Waals surface area contributed by atoms with Crippen LogP contribution >= 0.6 is 22.7 Å². The normalized spacial score (nSPS) is 19.6. The summed E-state index contributed by atoms with van der Waals surface area (Å²) in [7, 11) is 0. The highest BCUT2D eigenvalue weighted by molar-refractivity contribution is 7.12. The summed E-state index contributed by atoms with van der Waals surface area (Å²) in [6, 6.07) is 18.2. The molecule has 1 amide bonds. The minimum absolute atomic E-state index is 0.00558. The number of piperazine rings is 1. The summed E-state index contributed by atoms with van der Waals surface area (Å²) in [6.07, 6.45) is 0.780. The van der Waals surface area contributed by atoms with Crippen molar-refractivity contribution in [1.82, 2.24) is 14.8 Å². The monoisotopic (exact) mass is 480 g/mol. The average Bonchev–Trinajstić information content (AvgIpc) is 3.62. The number of hydrogen-bond acceptors (Lipinski definition) is 7. The van der Waals surface area contributed by atoms with Crippen LogP contribution in [0.1, 0.15) is 22.2 Å². The molecule has 1 saturated heterocycles. The van der Waals surface area contributed by atoms with Gasteiger partial charge in [0.2, 0.25) is 0 Å². The number of carbonyl (C=O) groups is 1. The Morgan fingerprint density at radius 2 is 1.70 bits per heavy atom. The molecule has 2 aromatic heterocycles. The van der Waals surface area contributed by atoms with Crippen molar-refractivity contribution in [3.8, 4) is 5.75 Å². The zero-order chi connectivity index (χ0) is 22.5. The lowest BCUT2D eigenvalue weighted by Crippen LogP contribution is -2.50. The number of carbonyl (C=O) groups excluding carboxylic acids is 1. The fourth-order valence-corrected chi connectivity index (χ4v) is 5.81. The third-order valence-corrected chi connectivity index (χ3v) is 7.98. The molecule has 5 rings (SSSR count). The van der Waals surface area contributed by atoms with E-state index in [4.69, 9.17) is 9.84 Å². The highest BCUT2D eigenvalue weighted by atomic mass is 32.1. The molecular formula is C25H28N4O2S2. The van der Waals surface area contributed by atoms with Crippen LogP contribution in [0.4, 0.5) is 0 Å². The molecule has 1 fully saturated rings. The van der Waals surface area contributed by atoms with Gasteiger partial charge in [-0.05, 0) is 35.0 Å². The molecule has 0 N–H and O–H groups in total. The number of hydrazone groups is 1. The van der Waals surface area contributed by atoms with E-state index < -0.39 is 0 Å². The fraction of sp³-hybridized carbons (Fsp3) is 0.360. The van der Waals surface area contributed by atoms with Gasteiger partial charge in [0, 0.05) is 44.0 Å². The maximum Gasteiger partial charge on any atom is 0.257 e. The summed E-state index contributed by atoms with van der Waals surface area (Å²) in [5.41, 5.74) is 1.01. The smallest absolute Gasteiger partial charge is 0.257 e. The highest BCUT2D eigenvalue weighted by Crippen LogP contribution is 2.36. The Balaban J connectivity index is 1.14. The third-order valence-electron chi connectivity index (χ3n) is 6.09. The number of nitrogens with zero attached hydrogens (tertiary/aromatic N) is 4. The van der Waals surface area contributed by atoms with Gasteiger partial charge in [-0.15, -0.1) is 22.7 Å². The van der Waals surface area contributed by atoms with Crippen LogP contribution in [0.2, 0.25) is 0 Å². The van der Waals surface area contributed by atoms with E-state index in [1.807, 2.05) is 42.5 Å². The van der Waals surface area contributed by atoms with Crippen molar-refractivity contribution in [2.24, 2.45) is 5.10 Å². The van der Waals surface area contributed by atoms with Crippen LogP contribution in [0.25, 0.3) is 0 Å². The number of thiophene rings is 2. The van der Waals surface area contributed by atoms with Crippen LogP contribution in [0, 0.1) is 0 Å². The molecule has 8 heteroatoms. The summed E-state index contributed by atoms with van der Waals surface area (Å²) in [6.45, 7) is 5.66. The summed E-state index contributed by atoms with van der Waals surface area (Å²) in [5.74, 6) is 0.996. The van der Waals surface area contributed by atoms with Crippen molar-refractivity contribution in [1.29, 1.82) is 0 Å². The molecule has 0 aliphatic carbocycles. The molecule has 1 unspecified atom stereocenters. The van der Waals surface area contributed by atoms with Crippen LogP contribution in [0.15, 0.2) is 70.5 Å². The molecule has 172 valence electrons. The summed E-state index contributed by atoms with van der Waals surface area (Å²) >= 11 is 3.38. The highest BCUT2D eigenvalue weighted by Gasteiger charge is 2.34. The van der Waals surface area contributed by atoms with E-state index in [1.165, 1.54) is 4.88 Å². The molecule has 6 nitrogen and oxygen atoms in total. The van der Waals surface area contributed by atoms with Gasteiger partial charge in [0.25, 0.3) is 5.91 Å². The Hall–Kier alpha value is -2.52. The minimum atomic E-state index is 0.00558. The van der Waals surface area contributed by atoms with Crippen LogP contribution in [-0.4, -0.2) is 72.3 Å². The number of amides is 1. The minimum Gasteiger partial charge on any atom is -0.492 e. The van der Waals surface area contributed by atoms with Crippen molar-refractivity contribution < 1.29 is 9.53 Å². The molecule has 33 heavy (non-hydrogen) atoms. The molecule has 1 aromatic carbocycles. The standard InChI is InChI=1S/C25H28N4O2S2/c30-25(19-28-12-10-27(11-13-28)14-15-31-20-6-2-1-3-7-20)29-22(24-9-5-17-33-24)18-21(26-29)23-8-4-16-32-23/h1-9,16-17,22H,10-15,18-19H2. The lowest BCUT2D eigenvalue weighted by molar-refractivity contribution is -0.134. The van der Waals surface area contributed by atoms with E-state index in [9.17, 15) is 4.79 Å². The van der Waals surface area contributed by atoms with Crippen LogP contribution < -0.4 is 4.74 Å². The Morgan fingerprint density at radius 3 is 2.42 bits per heavy atom. The van der Waals surface area contributed by atoms with Crippen molar-refractivity contribution in [3.05, 3.63) is 75.1 Å². The number of hydrogen-bond donors (Lipinski definition) is 0. The Kier molecular flexibility index (Phi) is 7.16. The number of ether oxygens (including phenoxy) is 1. The van der Waals surface area contributed by atoms with Gasteiger partial charge in [0.15, 0.2) is 0 Å². The maximum atomic E-state index is 13.3. The quantitative estimate of drug-likeness (QED) is 0.485. The lowest BCUT2D eigenvalue weighted by atomic mass is 10.1. The number of rotatable bonds is 8. The third kappa shape index (κ3) is 5.52. The maximum absolute atomic E-state index is 13.3. The largest absolute Gasteiger partial charge is 0.492 e. The van der Waals surface area contributed by atoms with Gasteiger partial charge >= 0.3 is 0 Å². The van der Waals surface area contributed by atoms with Gasteiger partial charge in [-0.3, -0.25) is 14.6 Å². The molecule has 0 radical (unpaired) electrons. The Labute approximate surface area is 202 Å². The average molecular weight is 481 g/mol. The SMILES string of the molecule is O=C(CN1CCN(CCOc2ccccc2)CC1)N1N=C(c2cccs2)CC1c1cccs1. The molecule has 3 aromatic rings. The molecule has 2 aliphatic heterocycles. The fourth-order valence-electron chi connectivity index (χ4n) is 4.28. The Morgan fingerprint density at radius 1 is 0.939 bits per heavy atom. The molecule has 2 aliphatic rings. The summed E-state index contributed by atoms with van der Waals surface area (Å²) < 4.78 is 5.83. The zero-order valence-corrected chi connectivity index (χ0v) is 20.1. The number of benzene rings is 1. The first-order valence-corrected chi connectivity index (χ1v) is 13.1. The molecule has 0 bridgehead atoms. The second kappa shape index (κ2) is 10.6. The van der Waals surface area contributed by atoms with E-state index in [1.54, 1.807) is 27.7 Å². The van der Waals surface area contributed by atoms with Gasteiger partial charge < -0.3 is 4.74 Å². The van der Waals surface area contributed by atoms with Crippen molar-refractivity contribution in [3.63, 3.8) is 0 Å². The van der Waals surface area contributed by atoms with Gasteiger partial charge in [0.05, 0.1) is 23.2 Å². The lowest BCUT2D eigenvalue weighted by Gasteiger charge is -2.35. The van der Waals surface area contributed by atoms with E-state index in [-0.39, 0.29) is 11.9 Å². The molecule has 1 atom stereocenters. The zero-order valence-electron chi connectivity index (χ0n) is 18.5. The van der Waals surface area contributed by atoms with Crippen LogP contribution in [0.3, 0.4) is 0 Å². The Bertz CT molecular complexity index is 1050. The number of para-hydroxylation sites is 1. The topological polar surface area (TPSA) is 48.4 Å². The predicted octanol–water partition coefficient (Wildman–Crippen LogP) is 4.18. The van der Waals surface area contributed by atoms with E-state index in [2.05, 4.69) is 32.7 Å². The van der Waals surface area contributed by atoms with Crippen molar-refractivity contribution >= 4 is 34.3 Å². The molecule has 0 saturated carbocycles. The van der Waals surface area contributed by atoms with Gasteiger partial charge in [-0.2, -0.15) is 5.10 Å². The van der Waals surface area contributed by atoms with Gasteiger partial charge in [0.1, 0.15) is 12.4 Å². The van der Waals surface area contributed by atoms with Crippen molar-refractivity contribution in [2.45, 2.75) is 12.5 Å². The first-order valence-electron chi connectivity index (χ1n) is 11.4. The van der Waals surface area contributed by atoms with E-state index >= 15 is 0 Å². The predicted molar refractivity (Wildman–Crippen MR) is 134 cm³/mol. The first-order chi connectivity index (χ1) is 16.3. The molecule has 4 heterocycles. The second-order valence-corrected chi connectivity index (χ2v) is 10.2. The van der Waals surface area contributed by atoms with Gasteiger partial charge in [-0.25, -0.2) is 5.01 Å². The first kappa shape index (κ1) is 22.3. The van der Waals surface area contributed by atoms with Crippen LogP contribution in [0.5, 0.6) is 5.75 Å². The summed E-state index contributed by atoms with van der Waals surface area (Å²) in [4.78, 5) is 20.3. The molecule has 0 spiro atoms. The van der Waals surface area contributed by atoms with E-state index in [0.717, 1.165) is 55.5 Å². The van der Waals surface area contributed by atoms with E-state index in [0.29, 0.717) is 13.2 Å². The van der Waals surface area contributed by atoms with Crippen molar-refractivity contribution in [2.75, 3.05) is 45.9 Å². The van der Waals surface area contributed by atoms with Gasteiger partial charge in [-0.1, -0.05) is 30.3 Å². The second-order valence-electron chi connectivity index (χ2n) is 8.28.